The van der Waals surface area contributed by atoms with Gasteiger partial charge in [0, 0.05) is 16.1 Å². The molecule has 0 aliphatic heterocycles. The molecule has 3 nitrogen and oxygen atoms in total. The van der Waals surface area contributed by atoms with Crippen LogP contribution >= 0.6 is 27.5 Å². The van der Waals surface area contributed by atoms with Crippen molar-refractivity contribution < 1.29 is 13.2 Å². The van der Waals surface area contributed by atoms with E-state index in [0.29, 0.717) is 26.3 Å². The number of alkyl halides is 3. The van der Waals surface area contributed by atoms with E-state index >= 15 is 0 Å². The summed E-state index contributed by atoms with van der Waals surface area (Å²) in [7, 11) is 0. The quantitative estimate of drug-likeness (QED) is 0.325. The van der Waals surface area contributed by atoms with Crippen molar-refractivity contribution >= 4 is 33.2 Å². The molecular formula is C20H12BrClF3N3. The topological polar surface area (TPSA) is 30.2 Å². The number of hydrogen-bond acceptors (Lipinski definition) is 2. The Balaban J connectivity index is 1.99. The van der Waals surface area contributed by atoms with Crippen LogP contribution in [0.3, 0.4) is 0 Å². The summed E-state index contributed by atoms with van der Waals surface area (Å²) in [5, 5.41) is 4.70. The third kappa shape index (κ3) is 3.40. The van der Waals surface area contributed by atoms with E-state index in [1.807, 2.05) is 19.1 Å². The Morgan fingerprint density at radius 3 is 2.18 bits per heavy atom. The fourth-order valence-corrected chi connectivity index (χ4v) is 3.55. The summed E-state index contributed by atoms with van der Waals surface area (Å²) in [6, 6.07) is 14.9. The summed E-state index contributed by atoms with van der Waals surface area (Å²) in [6.07, 6.45) is -4.59. The van der Waals surface area contributed by atoms with Crippen molar-refractivity contribution in [3.8, 4) is 22.5 Å². The van der Waals surface area contributed by atoms with Gasteiger partial charge in [0.1, 0.15) is 5.69 Å². The molecule has 4 rings (SSSR count). The molecule has 2 aromatic heterocycles. The first kappa shape index (κ1) is 19.0. The Kier molecular flexibility index (Phi) is 4.67. The first-order valence-electron chi connectivity index (χ1n) is 8.23. The van der Waals surface area contributed by atoms with E-state index in [2.05, 4.69) is 26.0 Å². The Bertz CT molecular complexity index is 1170. The predicted molar refractivity (Wildman–Crippen MR) is 106 cm³/mol. The van der Waals surface area contributed by atoms with E-state index in [1.54, 1.807) is 36.4 Å². The summed E-state index contributed by atoms with van der Waals surface area (Å²) in [5.74, 6) is 0. The van der Waals surface area contributed by atoms with Gasteiger partial charge in [-0.1, -0.05) is 53.6 Å². The number of aromatic nitrogens is 3. The number of nitrogens with zero attached hydrogens (tertiary/aromatic N) is 3. The molecule has 28 heavy (non-hydrogen) atoms. The molecule has 0 spiro atoms. The molecule has 142 valence electrons. The zero-order chi connectivity index (χ0) is 20.1. The van der Waals surface area contributed by atoms with Crippen molar-refractivity contribution in [2.24, 2.45) is 0 Å². The standard InChI is InChI=1S/C20H12BrClF3N3/c1-11-2-4-12(5-3-11)15-10-16(20(23,24)25)28-19(26-15)17(21)18(27-28)13-6-8-14(22)9-7-13/h2-10H,1H3. The van der Waals surface area contributed by atoms with Gasteiger partial charge in [-0.3, -0.25) is 0 Å². The maximum atomic E-state index is 13.8. The van der Waals surface area contributed by atoms with E-state index in [9.17, 15) is 13.2 Å². The van der Waals surface area contributed by atoms with Crippen molar-refractivity contribution in [2.75, 3.05) is 0 Å². The SMILES string of the molecule is Cc1ccc(-c2cc(C(F)(F)F)n3nc(-c4ccc(Cl)cc4)c(Br)c3n2)cc1. The van der Waals surface area contributed by atoms with Crippen LogP contribution in [0.15, 0.2) is 59.1 Å². The molecule has 0 aliphatic carbocycles. The van der Waals surface area contributed by atoms with Crippen LogP contribution in [0.1, 0.15) is 11.3 Å². The smallest absolute Gasteiger partial charge is 0.227 e. The lowest BCUT2D eigenvalue weighted by atomic mass is 10.1. The molecule has 0 radical (unpaired) electrons. The lowest BCUT2D eigenvalue weighted by Gasteiger charge is -2.11. The molecule has 4 aromatic rings. The highest BCUT2D eigenvalue weighted by Crippen LogP contribution is 2.37. The zero-order valence-electron chi connectivity index (χ0n) is 14.4. The normalized spacial score (nSPS) is 11.9. The number of fused-ring (bicyclic) bond motifs is 1. The van der Waals surface area contributed by atoms with Crippen LogP contribution in [-0.2, 0) is 6.18 Å². The molecular weight excluding hydrogens is 455 g/mol. The predicted octanol–water partition coefficient (Wildman–Crippen LogP) is 6.81. The molecule has 8 heteroatoms. The molecule has 0 amide bonds. The molecule has 2 heterocycles. The van der Waals surface area contributed by atoms with Gasteiger partial charge in [-0.05, 0) is 41.1 Å². The van der Waals surface area contributed by atoms with Crippen molar-refractivity contribution in [3.63, 3.8) is 0 Å². The first-order chi connectivity index (χ1) is 13.2. The lowest BCUT2D eigenvalue weighted by molar-refractivity contribution is -0.142. The van der Waals surface area contributed by atoms with Crippen LogP contribution in [0.2, 0.25) is 5.02 Å². The summed E-state index contributed by atoms with van der Waals surface area (Å²) in [6.45, 7) is 1.91. The second-order valence-corrected chi connectivity index (χ2v) is 7.52. The Morgan fingerprint density at radius 2 is 1.57 bits per heavy atom. The van der Waals surface area contributed by atoms with Crippen LogP contribution in [0.25, 0.3) is 28.2 Å². The van der Waals surface area contributed by atoms with Crippen molar-refractivity contribution in [3.05, 3.63) is 75.4 Å². The first-order valence-corrected chi connectivity index (χ1v) is 9.40. The van der Waals surface area contributed by atoms with Gasteiger partial charge in [0.2, 0.25) is 0 Å². The van der Waals surface area contributed by atoms with E-state index in [1.165, 1.54) is 0 Å². The largest absolute Gasteiger partial charge is 0.433 e. The summed E-state index contributed by atoms with van der Waals surface area (Å²) >= 11 is 9.28. The minimum Gasteiger partial charge on any atom is -0.227 e. The highest BCUT2D eigenvalue weighted by molar-refractivity contribution is 9.10. The number of aryl methyl sites for hydroxylation is 1. The van der Waals surface area contributed by atoms with Gasteiger partial charge in [-0.2, -0.15) is 18.3 Å². The fourth-order valence-electron chi connectivity index (χ4n) is 2.86. The van der Waals surface area contributed by atoms with E-state index in [4.69, 9.17) is 11.6 Å². The minimum atomic E-state index is -4.59. The average Bonchev–Trinajstić information content (AvgIpc) is 2.98. The second-order valence-electron chi connectivity index (χ2n) is 6.30. The Morgan fingerprint density at radius 1 is 0.964 bits per heavy atom. The van der Waals surface area contributed by atoms with Gasteiger partial charge in [0.05, 0.1) is 10.2 Å². The third-order valence-corrected chi connectivity index (χ3v) is 5.27. The fraction of sp³-hybridized carbons (Fsp3) is 0.100. The Hall–Kier alpha value is -2.38. The lowest BCUT2D eigenvalue weighted by Crippen LogP contribution is -2.13. The van der Waals surface area contributed by atoms with Gasteiger partial charge >= 0.3 is 6.18 Å². The number of rotatable bonds is 2. The van der Waals surface area contributed by atoms with Gasteiger partial charge in [0.25, 0.3) is 0 Å². The second kappa shape index (κ2) is 6.90. The third-order valence-electron chi connectivity index (χ3n) is 4.29. The van der Waals surface area contributed by atoms with E-state index < -0.39 is 11.9 Å². The van der Waals surface area contributed by atoms with Crippen LogP contribution in [0.4, 0.5) is 13.2 Å². The number of halogens is 5. The summed E-state index contributed by atoms with van der Waals surface area (Å²) in [4.78, 5) is 4.44. The monoisotopic (exact) mass is 465 g/mol. The van der Waals surface area contributed by atoms with Gasteiger partial charge in [-0.25, -0.2) is 9.50 Å². The van der Waals surface area contributed by atoms with E-state index in [0.717, 1.165) is 16.1 Å². The molecule has 0 unspecified atom stereocenters. The van der Waals surface area contributed by atoms with Crippen LogP contribution in [-0.4, -0.2) is 14.6 Å². The average molecular weight is 467 g/mol. The highest BCUT2D eigenvalue weighted by Gasteiger charge is 2.36. The molecule has 0 fully saturated rings. The van der Waals surface area contributed by atoms with Crippen molar-refractivity contribution in [2.45, 2.75) is 13.1 Å². The van der Waals surface area contributed by atoms with Crippen LogP contribution in [0, 0.1) is 6.92 Å². The van der Waals surface area contributed by atoms with Gasteiger partial charge in [-0.15, -0.1) is 0 Å². The van der Waals surface area contributed by atoms with Crippen molar-refractivity contribution in [1.82, 2.24) is 14.6 Å². The maximum Gasteiger partial charge on any atom is 0.433 e. The van der Waals surface area contributed by atoms with Gasteiger partial charge in [0.15, 0.2) is 11.3 Å². The van der Waals surface area contributed by atoms with E-state index in [-0.39, 0.29) is 11.3 Å². The molecule has 0 N–H and O–H groups in total. The van der Waals surface area contributed by atoms with Crippen LogP contribution in [0.5, 0.6) is 0 Å². The molecule has 0 aliphatic rings. The molecule has 2 aromatic carbocycles. The summed E-state index contributed by atoms with van der Waals surface area (Å²) < 4.78 is 42.5. The summed E-state index contributed by atoms with van der Waals surface area (Å²) in [5.41, 5.74) is 2.02. The minimum absolute atomic E-state index is 0.0929. The number of hydrogen-bond donors (Lipinski definition) is 0. The molecule has 0 bridgehead atoms. The molecule has 0 saturated heterocycles. The number of benzene rings is 2. The van der Waals surface area contributed by atoms with Crippen molar-refractivity contribution in [1.29, 1.82) is 0 Å². The maximum absolute atomic E-state index is 13.8. The molecule has 0 saturated carbocycles. The van der Waals surface area contributed by atoms with Crippen LogP contribution < -0.4 is 0 Å². The zero-order valence-corrected chi connectivity index (χ0v) is 16.8. The van der Waals surface area contributed by atoms with Gasteiger partial charge < -0.3 is 0 Å². The Labute approximate surface area is 171 Å². The molecule has 0 atom stereocenters. The highest BCUT2D eigenvalue weighted by atomic mass is 79.9.